The van der Waals surface area contributed by atoms with Gasteiger partial charge in [0.2, 0.25) is 5.91 Å². The molecule has 2 heterocycles. The highest BCUT2D eigenvalue weighted by Crippen LogP contribution is 2.33. The second kappa shape index (κ2) is 5.21. The number of carbonyl (C=O) groups excluding carboxylic acids is 1. The van der Waals surface area contributed by atoms with Gasteiger partial charge in [-0.15, -0.1) is 0 Å². The van der Waals surface area contributed by atoms with Crippen molar-refractivity contribution in [3.8, 4) is 5.75 Å². The Balaban J connectivity index is 1.55. The molecule has 1 aromatic rings. The lowest BCUT2D eigenvalue weighted by molar-refractivity contribution is -0.125. The fourth-order valence-corrected chi connectivity index (χ4v) is 3.22. The summed E-state index contributed by atoms with van der Waals surface area (Å²) in [5.74, 6) is 1.17. The summed E-state index contributed by atoms with van der Waals surface area (Å²) in [7, 11) is 1.65. The molecule has 0 radical (unpaired) electrons. The van der Waals surface area contributed by atoms with Gasteiger partial charge in [0.1, 0.15) is 5.75 Å². The highest BCUT2D eigenvalue weighted by Gasteiger charge is 2.42. The van der Waals surface area contributed by atoms with Crippen LogP contribution >= 0.6 is 0 Å². The third-order valence-corrected chi connectivity index (χ3v) is 4.24. The molecule has 2 fully saturated rings. The number of fused-ring (bicyclic) bond motifs is 2. The van der Waals surface area contributed by atoms with E-state index in [1.807, 2.05) is 24.3 Å². The van der Waals surface area contributed by atoms with Gasteiger partial charge in [-0.25, -0.2) is 0 Å². The van der Waals surface area contributed by atoms with Crippen LogP contribution in [0.4, 0.5) is 0 Å². The summed E-state index contributed by atoms with van der Waals surface area (Å²) in [6, 6.07) is 8.78. The van der Waals surface area contributed by atoms with Crippen molar-refractivity contribution in [3.63, 3.8) is 0 Å². The first-order valence-corrected chi connectivity index (χ1v) is 6.93. The summed E-state index contributed by atoms with van der Waals surface area (Å²) in [4.78, 5) is 12.2. The molecule has 102 valence electrons. The van der Waals surface area contributed by atoms with Crippen molar-refractivity contribution in [1.29, 1.82) is 0 Å². The van der Waals surface area contributed by atoms with Gasteiger partial charge in [-0.05, 0) is 37.0 Å². The second-order valence-electron chi connectivity index (χ2n) is 5.46. The zero-order chi connectivity index (χ0) is 13.2. The van der Waals surface area contributed by atoms with Gasteiger partial charge >= 0.3 is 0 Å². The summed E-state index contributed by atoms with van der Waals surface area (Å²) < 4.78 is 5.18. The van der Waals surface area contributed by atoms with Crippen molar-refractivity contribution in [3.05, 3.63) is 29.8 Å². The van der Waals surface area contributed by atoms with E-state index in [0.717, 1.165) is 24.2 Å². The number of hydrogen-bond acceptors (Lipinski definition) is 3. The van der Waals surface area contributed by atoms with Crippen molar-refractivity contribution >= 4 is 5.91 Å². The Bertz CT molecular complexity index is 475. The normalized spacial score (nSPS) is 28.4. The fraction of sp³-hybridized carbons (Fsp3) is 0.533. The maximum atomic E-state index is 12.2. The summed E-state index contributed by atoms with van der Waals surface area (Å²) in [6.07, 6.45) is 3.36. The van der Waals surface area contributed by atoms with Gasteiger partial charge in [-0.3, -0.25) is 4.79 Å². The molecule has 0 saturated carbocycles. The van der Waals surface area contributed by atoms with Crippen LogP contribution in [0.2, 0.25) is 0 Å². The third-order valence-electron chi connectivity index (χ3n) is 4.24. The molecule has 0 spiro atoms. The maximum Gasteiger partial charge on any atom is 0.225 e. The molecule has 4 nitrogen and oxygen atoms in total. The molecule has 2 N–H and O–H groups in total. The first-order chi connectivity index (χ1) is 9.26. The van der Waals surface area contributed by atoms with Crippen LogP contribution in [0.1, 0.15) is 24.8 Å². The molecule has 19 heavy (non-hydrogen) atoms. The minimum absolute atomic E-state index is 0.157. The van der Waals surface area contributed by atoms with Crippen molar-refractivity contribution in [2.75, 3.05) is 7.11 Å². The minimum Gasteiger partial charge on any atom is -0.497 e. The van der Waals surface area contributed by atoms with Crippen LogP contribution in [0.5, 0.6) is 5.75 Å². The van der Waals surface area contributed by atoms with E-state index >= 15 is 0 Å². The third kappa shape index (κ3) is 2.59. The molecule has 0 aromatic heterocycles. The summed E-state index contributed by atoms with van der Waals surface area (Å²) in [5.41, 5.74) is 1.07. The minimum atomic E-state index is 0.157. The Kier molecular flexibility index (Phi) is 3.42. The van der Waals surface area contributed by atoms with E-state index in [4.69, 9.17) is 4.74 Å². The predicted molar refractivity (Wildman–Crippen MR) is 72.9 cm³/mol. The molecule has 0 aliphatic carbocycles. The number of carbonyl (C=O) groups is 1. The van der Waals surface area contributed by atoms with Crippen molar-refractivity contribution < 1.29 is 9.53 Å². The van der Waals surface area contributed by atoms with E-state index < -0.39 is 0 Å². The van der Waals surface area contributed by atoms with Gasteiger partial charge in [0.25, 0.3) is 0 Å². The molecule has 4 heteroatoms. The number of ether oxygens (including phenoxy) is 1. The molecule has 3 unspecified atom stereocenters. The SMILES string of the molecule is COc1cccc(CNC(=O)C2CC3CCC2N3)c1. The Hall–Kier alpha value is -1.55. The Morgan fingerprint density at radius 1 is 1.47 bits per heavy atom. The number of rotatable bonds is 4. The molecule has 3 rings (SSSR count). The molecular weight excluding hydrogens is 240 g/mol. The van der Waals surface area contributed by atoms with Crippen LogP contribution in [0.15, 0.2) is 24.3 Å². The smallest absolute Gasteiger partial charge is 0.225 e. The average Bonchev–Trinajstić information content (AvgIpc) is 3.07. The van der Waals surface area contributed by atoms with Crippen LogP contribution in [0.25, 0.3) is 0 Å². The van der Waals surface area contributed by atoms with Crippen LogP contribution in [-0.2, 0) is 11.3 Å². The van der Waals surface area contributed by atoms with E-state index in [2.05, 4.69) is 10.6 Å². The zero-order valence-electron chi connectivity index (χ0n) is 11.2. The molecule has 2 bridgehead atoms. The number of amides is 1. The fourth-order valence-electron chi connectivity index (χ4n) is 3.22. The summed E-state index contributed by atoms with van der Waals surface area (Å²) in [5, 5.41) is 6.54. The standard InChI is InChI=1S/C15H20N2O2/c1-19-12-4-2-3-10(7-12)9-16-15(18)13-8-11-5-6-14(13)17-11/h2-4,7,11,13-14,17H,5-6,8-9H2,1H3,(H,16,18). The Labute approximate surface area is 113 Å². The number of hydrogen-bond donors (Lipinski definition) is 2. The van der Waals surface area contributed by atoms with Crippen LogP contribution < -0.4 is 15.4 Å². The second-order valence-corrected chi connectivity index (χ2v) is 5.46. The van der Waals surface area contributed by atoms with Crippen LogP contribution in [0.3, 0.4) is 0 Å². The molecular formula is C15H20N2O2. The number of nitrogens with one attached hydrogen (secondary N) is 2. The highest BCUT2D eigenvalue weighted by molar-refractivity contribution is 5.80. The van der Waals surface area contributed by atoms with E-state index in [9.17, 15) is 4.79 Å². The van der Waals surface area contributed by atoms with Crippen molar-refractivity contribution in [1.82, 2.24) is 10.6 Å². The van der Waals surface area contributed by atoms with Gasteiger partial charge in [-0.2, -0.15) is 0 Å². The summed E-state index contributed by atoms with van der Waals surface area (Å²) in [6.45, 7) is 0.573. The molecule has 2 aliphatic heterocycles. The van der Waals surface area contributed by atoms with Crippen molar-refractivity contribution in [2.45, 2.75) is 37.9 Å². The molecule has 2 saturated heterocycles. The lowest BCUT2D eigenvalue weighted by Crippen LogP contribution is -2.37. The lowest BCUT2D eigenvalue weighted by Gasteiger charge is -2.19. The number of methoxy groups -OCH3 is 1. The van der Waals surface area contributed by atoms with Gasteiger partial charge in [0.15, 0.2) is 0 Å². The number of benzene rings is 1. The highest BCUT2D eigenvalue weighted by atomic mass is 16.5. The van der Waals surface area contributed by atoms with Gasteiger partial charge in [0.05, 0.1) is 13.0 Å². The molecule has 2 aliphatic rings. The average molecular weight is 260 g/mol. The Morgan fingerprint density at radius 3 is 3.05 bits per heavy atom. The molecule has 3 atom stereocenters. The maximum absolute atomic E-state index is 12.2. The van der Waals surface area contributed by atoms with E-state index in [1.54, 1.807) is 7.11 Å². The quantitative estimate of drug-likeness (QED) is 0.861. The van der Waals surface area contributed by atoms with Gasteiger partial charge in [-0.1, -0.05) is 12.1 Å². The van der Waals surface area contributed by atoms with E-state index in [-0.39, 0.29) is 11.8 Å². The van der Waals surface area contributed by atoms with Crippen molar-refractivity contribution in [2.24, 2.45) is 5.92 Å². The first kappa shape index (κ1) is 12.5. The zero-order valence-corrected chi connectivity index (χ0v) is 11.2. The lowest BCUT2D eigenvalue weighted by atomic mass is 9.88. The van der Waals surface area contributed by atoms with Crippen LogP contribution in [-0.4, -0.2) is 25.1 Å². The monoisotopic (exact) mass is 260 g/mol. The van der Waals surface area contributed by atoms with E-state index in [0.29, 0.717) is 18.6 Å². The van der Waals surface area contributed by atoms with Gasteiger partial charge < -0.3 is 15.4 Å². The van der Waals surface area contributed by atoms with E-state index in [1.165, 1.54) is 6.42 Å². The summed E-state index contributed by atoms with van der Waals surface area (Å²) >= 11 is 0. The Morgan fingerprint density at radius 2 is 2.37 bits per heavy atom. The predicted octanol–water partition coefficient (Wildman–Crippen LogP) is 1.45. The molecule has 1 amide bonds. The van der Waals surface area contributed by atoms with Crippen LogP contribution in [0, 0.1) is 5.92 Å². The topological polar surface area (TPSA) is 50.4 Å². The van der Waals surface area contributed by atoms with Gasteiger partial charge in [0, 0.05) is 18.6 Å². The largest absolute Gasteiger partial charge is 0.497 e. The molecule has 1 aromatic carbocycles. The first-order valence-electron chi connectivity index (χ1n) is 6.93.